The second-order valence-electron chi connectivity index (χ2n) is 7.53. The van der Waals surface area contributed by atoms with Gasteiger partial charge in [0.25, 0.3) is 0 Å². The van der Waals surface area contributed by atoms with Gasteiger partial charge < -0.3 is 10.3 Å². The van der Waals surface area contributed by atoms with Gasteiger partial charge in [-0.15, -0.1) is 0 Å². The fourth-order valence-corrected chi connectivity index (χ4v) is 4.00. The number of hydrogen-bond acceptors (Lipinski definition) is 3. The molecular weight excluding hydrogens is 322 g/mol. The first kappa shape index (κ1) is 17.0. The van der Waals surface area contributed by atoms with Crippen LogP contribution in [0.1, 0.15) is 54.2 Å². The number of hydrogen-bond donors (Lipinski definition) is 2. The number of nitrogens with one attached hydrogen (secondary N) is 2. The van der Waals surface area contributed by atoms with Gasteiger partial charge in [-0.2, -0.15) is 0 Å². The van der Waals surface area contributed by atoms with Crippen LogP contribution in [0.15, 0.2) is 36.5 Å². The molecule has 2 N–H and O–H groups in total. The van der Waals surface area contributed by atoms with Crippen LogP contribution in [0.5, 0.6) is 0 Å². The molecule has 3 heterocycles. The molecule has 1 fully saturated rings. The molecule has 2 aromatic heterocycles. The van der Waals surface area contributed by atoms with E-state index in [2.05, 4.69) is 41.3 Å². The van der Waals surface area contributed by atoms with Crippen LogP contribution >= 0.6 is 0 Å². The summed E-state index contributed by atoms with van der Waals surface area (Å²) in [4.78, 5) is 20.7. The lowest BCUT2D eigenvalue weighted by molar-refractivity contribution is 0.0952. The summed E-state index contributed by atoms with van der Waals surface area (Å²) in [5, 5.41) is 4.46. The van der Waals surface area contributed by atoms with E-state index in [1.807, 2.05) is 31.3 Å². The van der Waals surface area contributed by atoms with E-state index >= 15 is 0 Å². The molecule has 1 aliphatic rings. The van der Waals surface area contributed by atoms with Gasteiger partial charge in [0.1, 0.15) is 0 Å². The molecule has 0 saturated carbocycles. The van der Waals surface area contributed by atoms with Crippen molar-refractivity contribution in [3.8, 4) is 11.3 Å². The molecule has 1 unspecified atom stereocenters. The molecule has 1 saturated heterocycles. The summed E-state index contributed by atoms with van der Waals surface area (Å²) in [6, 6.07) is 10.2. The highest BCUT2D eigenvalue weighted by Crippen LogP contribution is 2.36. The molecule has 26 heavy (non-hydrogen) atoms. The second kappa shape index (κ2) is 6.69. The van der Waals surface area contributed by atoms with E-state index in [0.29, 0.717) is 5.92 Å². The summed E-state index contributed by atoms with van der Waals surface area (Å²) < 4.78 is 0. The topological polar surface area (TPSA) is 57.8 Å². The summed E-state index contributed by atoms with van der Waals surface area (Å²) in [5.74, 6) is 0.559. The molecular formula is C22H25N3O. The fourth-order valence-electron chi connectivity index (χ4n) is 4.00. The third-order valence-corrected chi connectivity index (χ3v) is 5.26. The zero-order chi connectivity index (χ0) is 18.3. The highest BCUT2D eigenvalue weighted by molar-refractivity contribution is 6.04. The van der Waals surface area contributed by atoms with Gasteiger partial charge in [-0.1, -0.05) is 13.8 Å². The summed E-state index contributed by atoms with van der Waals surface area (Å²) in [7, 11) is 0. The van der Waals surface area contributed by atoms with Crippen molar-refractivity contribution in [2.45, 2.75) is 45.6 Å². The molecule has 0 radical (unpaired) electrons. The zero-order valence-corrected chi connectivity index (χ0v) is 15.6. The van der Waals surface area contributed by atoms with E-state index in [0.717, 1.165) is 52.8 Å². The molecule has 1 atom stereocenters. The smallest absolute Gasteiger partial charge is 0.179 e. The van der Waals surface area contributed by atoms with Gasteiger partial charge >= 0.3 is 0 Å². The van der Waals surface area contributed by atoms with Crippen LogP contribution in [0.4, 0.5) is 0 Å². The fraction of sp³-hybridized carbons (Fsp3) is 0.364. The van der Waals surface area contributed by atoms with Crippen LogP contribution in [0.25, 0.3) is 22.2 Å². The molecule has 4 heteroatoms. The third kappa shape index (κ3) is 2.95. The van der Waals surface area contributed by atoms with Crippen molar-refractivity contribution < 1.29 is 4.79 Å². The monoisotopic (exact) mass is 347 g/mol. The quantitative estimate of drug-likeness (QED) is 0.678. The summed E-state index contributed by atoms with van der Waals surface area (Å²) in [6.45, 7) is 7.35. The normalized spacial score (nSPS) is 17.3. The van der Waals surface area contributed by atoms with Gasteiger partial charge in [0.15, 0.2) is 5.78 Å². The number of fused-ring (bicyclic) bond motifs is 1. The van der Waals surface area contributed by atoms with Crippen LogP contribution in [-0.4, -0.2) is 28.3 Å². The number of carbonyl (C=O) groups is 1. The van der Waals surface area contributed by atoms with Crippen molar-refractivity contribution in [1.29, 1.82) is 0 Å². The maximum atomic E-state index is 12.8. The Morgan fingerprint density at radius 2 is 2.08 bits per heavy atom. The maximum Gasteiger partial charge on any atom is 0.179 e. The van der Waals surface area contributed by atoms with Crippen LogP contribution in [0, 0.1) is 6.92 Å². The van der Waals surface area contributed by atoms with E-state index in [1.165, 1.54) is 5.56 Å². The zero-order valence-electron chi connectivity index (χ0n) is 15.6. The van der Waals surface area contributed by atoms with E-state index in [9.17, 15) is 4.79 Å². The first-order chi connectivity index (χ1) is 12.5. The van der Waals surface area contributed by atoms with E-state index in [-0.39, 0.29) is 11.8 Å². The van der Waals surface area contributed by atoms with Crippen molar-refractivity contribution in [2.24, 2.45) is 0 Å². The molecule has 1 aromatic carbocycles. The molecule has 0 amide bonds. The van der Waals surface area contributed by atoms with Gasteiger partial charge in [-0.05, 0) is 68.1 Å². The van der Waals surface area contributed by atoms with Crippen LogP contribution in [0.2, 0.25) is 0 Å². The van der Waals surface area contributed by atoms with Gasteiger partial charge in [-0.25, -0.2) is 0 Å². The standard InChI is InChI=1S/C22H25N3O/c1-13(2)20-17-12-16(22(26)19-5-4-9-24-19)6-7-18(17)25-21(20)15-8-10-23-14(3)11-15/h6-8,10-13,19,24-25H,4-5,9H2,1-3H3. The number of Topliss-reactive ketones (excluding diaryl/α,β-unsaturated/α-hetero) is 1. The van der Waals surface area contributed by atoms with Crippen LogP contribution in [0.3, 0.4) is 0 Å². The molecule has 134 valence electrons. The third-order valence-electron chi connectivity index (χ3n) is 5.26. The predicted octanol–water partition coefficient (Wildman–Crippen LogP) is 4.60. The average molecular weight is 347 g/mol. The van der Waals surface area contributed by atoms with Crippen molar-refractivity contribution in [3.63, 3.8) is 0 Å². The van der Waals surface area contributed by atoms with Crippen molar-refractivity contribution in [1.82, 2.24) is 15.3 Å². The Hall–Kier alpha value is -2.46. The molecule has 1 aliphatic heterocycles. The average Bonchev–Trinajstić information content (AvgIpc) is 3.28. The van der Waals surface area contributed by atoms with Crippen molar-refractivity contribution in [3.05, 3.63) is 53.3 Å². The first-order valence-corrected chi connectivity index (χ1v) is 9.41. The number of aryl methyl sites for hydroxylation is 1. The molecule has 3 aromatic rings. The summed E-state index contributed by atoms with van der Waals surface area (Å²) in [5.41, 5.74) is 6.41. The number of benzene rings is 1. The predicted molar refractivity (Wildman–Crippen MR) is 106 cm³/mol. The SMILES string of the molecule is Cc1cc(-c2[nH]c3ccc(C(=O)C4CCCN4)cc3c2C(C)C)ccn1. The number of aromatic nitrogens is 2. The van der Waals surface area contributed by atoms with Gasteiger partial charge in [-0.3, -0.25) is 9.78 Å². The first-order valence-electron chi connectivity index (χ1n) is 9.41. The molecule has 4 nitrogen and oxygen atoms in total. The summed E-state index contributed by atoms with van der Waals surface area (Å²) >= 11 is 0. The van der Waals surface area contributed by atoms with Gasteiger partial charge in [0.2, 0.25) is 0 Å². The lowest BCUT2D eigenvalue weighted by atomic mass is 9.94. The molecule has 0 aliphatic carbocycles. The lowest BCUT2D eigenvalue weighted by Gasteiger charge is -2.11. The Morgan fingerprint density at radius 3 is 2.77 bits per heavy atom. The minimum absolute atomic E-state index is 0.0313. The van der Waals surface area contributed by atoms with Gasteiger partial charge in [0, 0.05) is 33.9 Å². The minimum Gasteiger partial charge on any atom is -0.354 e. The van der Waals surface area contributed by atoms with E-state index < -0.39 is 0 Å². The van der Waals surface area contributed by atoms with Gasteiger partial charge in [0.05, 0.1) is 11.7 Å². The molecule has 4 rings (SSSR count). The van der Waals surface area contributed by atoms with E-state index in [4.69, 9.17) is 0 Å². The Bertz CT molecular complexity index is 965. The number of H-pyrrole nitrogens is 1. The van der Waals surface area contributed by atoms with Crippen LogP contribution in [-0.2, 0) is 0 Å². The second-order valence-corrected chi connectivity index (χ2v) is 7.53. The maximum absolute atomic E-state index is 12.8. The number of rotatable bonds is 4. The minimum atomic E-state index is -0.0313. The Kier molecular flexibility index (Phi) is 4.37. The highest BCUT2D eigenvalue weighted by Gasteiger charge is 2.24. The molecule has 0 bridgehead atoms. The van der Waals surface area contributed by atoms with E-state index in [1.54, 1.807) is 0 Å². The number of ketones is 1. The molecule has 0 spiro atoms. The largest absolute Gasteiger partial charge is 0.354 e. The number of pyridine rings is 1. The highest BCUT2D eigenvalue weighted by atomic mass is 16.1. The summed E-state index contributed by atoms with van der Waals surface area (Å²) in [6.07, 6.45) is 3.86. The Balaban J connectivity index is 1.84. The Morgan fingerprint density at radius 1 is 1.23 bits per heavy atom. The van der Waals surface area contributed by atoms with Crippen molar-refractivity contribution in [2.75, 3.05) is 6.54 Å². The Labute approximate surface area is 154 Å². The lowest BCUT2D eigenvalue weighted by Crippen LogP contribution is -2.30. The van der Waals surface area contributed by atoms with Crippen molar-refractivity contribution >= 4 is 16.7 Å². The number of nitrogens with zero attached hydrogens (tertiary/aromatic N) is 1. The number of carbonyl (C=O) groups excluding carboxylic acids is 1. The number of aromatic amines is 1. The van der Waals surface area contributed by atoms with Crippen LogP contribution < -0.4 is 5.32 Å².